The van der Waals surface area contributed by atoms with Crippen molar-refractivity contribution in [2.75, 3.05) is 20.1 Å². The summed E-state index contributed by atoms with van der Waals surface area (Å²) in [4.78, 5) is 14.1. The third-order valence-electron chi connectivity index (χ3n) is 4.12. The Morgan fingerprint density at radius 1 is 1.35 bits per heavy atom. The van der Waals surface area contributed by atoms with Gasteiger partial charge < -0.3 is 10.2 Å². The van der Waals surface area contributed by atoms with E-state index < -0.39 is 0 Å². The zero-order valence-electron chi connectivity index (χ0n) is 11.8. The Balaban J connectivity index is 2.42. The van der Waals surface area contributed by atoms with Crippen molar-refractivity contribution in [1.29, 1.82) is 0 Å². The molecule has 0 bridgehead atoms. The van der Waals surface area contributed by atoms with E-state index in [9.17, 15) is 4.79 Å². The topological polar surface area (TPSA) is 32.3 Å². The number of hydrogen-bond donors (Lipinski definition) is 1. The normalized spacial score (nSPS) is 23.9. The Morgan fingerprint density at radius 3 is 2.65 bits per heavy atom. The minimum atomic E-state index is 0.358. The van der Waals surface area contributed by atoms with Crippen molar-refractivity contribution in [3.63, 3.8) is 0 Å². The second-order valence-electron chi connectivity index (χ2n) is 5.69. The third-order valence-corrected chi connectivity index (χ3v) is 4.12. The van der Waals surface area contributed by atoms with Crippen LogP contribution in [0.15, 0.2) is 0 Å². The van der Waals surface area contributed by atoms with E-state index in [1.54, 1.807) is 0 Å². The number of carbonyl (C=O) groups is 1. The molecule has 1 aliphatic rings. The van der Waals surface area contributed by atoms with Gasteiger partial charge in [0.05, 0.1) is 0 Å². The van der Waals surface area contributed by atoms with Gasteiger partial charge in [0.25, 0.3) is 0 Å². The van der Waals surface area contributed by atoms with Crippen LogP contribution in [0.25, 0.3) is 0 Å². The van der Waals surface area contributed by atoms with E-state index in [4.69, 9.17) is 0 Å². The van der Waals surface area contributed by atoms with Crippen LogP contribution in [0.3, 0.4) is 0 Å². The summed E-state index contributed by atoms with van der Waals surface area (Å²) in [6, 6.07) is 0.493. The fraction of sp³-hybridized carbons (Fsp3) is 0.929. The second kappa shape index (κ2) is 7.00. The smallest absolute Gasteiger partial charge is 0.222 e. The largest absolute Gasteiger partial charge is 0.343 e. The minimum Gasteiger partial charge on any atom is -0.343 e. The monoisotopic (exact) mass is 240 g/mol. The highest BCUT2D eigenvalue weighted by atomic mass is 16.2. The van der Waals surface area contributed by atoms with E-state index in [-0.39, 0.29) is 0 Å². The van der Waals surface area contributed by atoms with Gasteiger partial charge in [-0.1, -0.05) is 13.8 Å². The molecule has 3 nitrogen and oxygen atoms in total. The average Bonchev–Trinajstić information content (AvgIpc) is 2.48. The summed E-state index contributed by atoms with van der Waals surface area (Å²) in [6.07, 6.45) is 4.05. The predicted molar refractivity (Wildman–Crippen MR) is 71.9 cm³/mol. The predicted octanol–water partition coefficient (Wildman–Crippen LogP) is 2.27. The van der Waals surface area contributed by atoms with Gasteiger partial charge in [0, 0.05) is 25.6 Å². The molecule has 2 unspecified atom stereocenters. The molecular formula is C14H28N2O. The lowest BCUT2D eigenvalue weighted by atomic mass is 9.89. The molecule has 0 aliphatic carbocycles. The first-order valence-electron chi connectivity index (χ1n) is 6.99. The first-order valence-corrected chi connectivity index (χ1v) is 6.99. The molecule has 0 aromatic rings. The molecule has 0 spiro atoms. The van der Waals surface area contributed by atoms with Crippen molar-refractivity contribution in [3.05, 3.63) is 0 Å². The number of nitrogens with one attached hydrogen (secondary N) is 1. The molecule has 0 aromatic carbocycles. The number of rotatable bonds is 5. The van der Waals surface area contributed by atoms with E-state index >= 15 is 0 Å². The molecule has 0 saturated carbocycles. The Kier molecular flexibility index (Phi) is 5.96. The van der Waals surface area contributed by atoms with Gasteiger partial charge in [-0.25, -0.2) is 0 Å². The summed E-state index contributed by atoms with van der Waals surface area (Å²) in [7, 11) is 1.98. The van der Waals surface area contributed by atoms with Gasteiger partial charge in [0.15, 0.2) is 0 Å². The Hall–Kier alpha value is -0.570. The highest BCUT2D eigenvalue weighted by Gasteiger charge is 2.23. The molecule has 1 amide bonds. The summed E-state index contributed by atoms with van der Waals surface area (Å²) in [5.41, 5.74) is 0. The van der Waals surface area contributed by atoms with Crippen LogP contribution < -0.4 is 5.32 Å². The first-order chi connectivity index (χ1) is 8.04. The molecule has 1 N–H and O–H groups in total. The second-order valence-corrected chi connectivity index (χ2v) is 5.69. The zero-order valence-corrected chi connectivity index (χ0v) is 11.8. The number of hydrogen-bond acceptors (Lipinski definition) is 2. The van der Waals surface area contributed by atoms with Crippen molar-refractivity contribution in [1.82, 2.24) is 10.2 Å². The Morgan fingerprint density at radius 2 is 2.06 bits per heavy atom. The van der Waals surface area contributed by atoms with Crippen LogP contribution in [-0.4, -0.2) is 37.0 Å². The fourth-order valence-corrected chi connectivity index (χ4v) is 2.45. The van der Waals surface area contributed by atoms with E-state index in [0.717, 1.165) is 38.3 Å². The van der Waals surface area contributed by atoms with Crippen LogP contribution >= 0.6 is 0 Å². The average molecular weight is 240 g/mol. The molecule has 1 fully saturated rings. The van der Waals surface area contributed by atoms with Gasteiger partial charge >= 0.3 is 0 Å². The molecule has 0 radical (unpaired) electrons. The summed E-state index contributed by atoms with van der Waals surface area (Å²) < 4.78 is 0. The third kappa shape index (κ3) is 4.66. The van der Waals surface area contributed by atoms with Crippen molar-refractivity contribution >= 4 is 5.91 Å². The Labute approximate surface area is 106 Å². The van der Waals surface area contributed by atoms with Crippen molar-refractivity contribution < 1.29 is 4.79 Å². The molecule has 1 saturated heterocycles. The molecule has 2 atom stereocenters. The quantitative estimate of drug-likeness (QED) is 0.799. The molecule has 1 aliphatic heterocycles. The van der Waals surface area contributed by atoms with Crippen LogP contribution in [0.2, 0.25) is 0 Å². The van der Waals surface area contributed by atoms with E-state index in [2.05, 4.69) is 31.0 Å². The number of carbonyl (C=O) groups excluding carboxylic acids is 1. The number of likely N-dealkylation sites (tertiary alicyclic amines) is 1. The molecule has 3 heteroatoms. The lowest BCUT2D eigenvalue weighted by molar-refractivity contribution is -0.130. The SMILES string of the molecule is CNC(C)CCN1CCC(C(C)C)CCC1=O. The van der Waals surface area contributed by atoms with Crippen LogP contribution in [0.5, 0.6) is 0 Å². The van der Waals surface area contributed by atoms with Gasteiger partial charge in [-0.15, -0.1) is 0 Å². The molecule has 17 heavy (non-hydrogen) atoms. The minimum absolute atomic E-state index is 0.358. The van der Waals surface area contributed by atoms with Crippen LogP contribution in [-0.2, 0) is 4.79 Å². The lowest BCUT2D eigenvalue weighted by Gasteiger charge is -2.23. The van der Waals surface area contributed by atoms with Crippen molar-refractivity contribution in [3.8, 4) is 0 Å². The van der Waals surface area contributed by atoms with Gasteiger partial charge in [-0.05, 0) is 45.1 Å². The van der Waals surface area contributed by atoms with Gasteiger partial charge in [0.1, 0.15) is 0 Å². The maximum Gasteiger partial charge on any atom is 0.222 e. The maximum absolute atomic E-state index is 12.0. The molecule has 0 aromatic heterocycles. The van der Waals surface area contributed by atoms with Gasteiger partial charge in [0.2, 0.25) is 5.91 Å². The number of amides is 1. The lowest BCUT2D eigenvalue weighted by Crippen LogP contribution is -2.35. The highest BCUT2D eigenvalue weighted by Crippen LogP contribution is 2.25. The van der Waals surface area contributed by atoms with Crippen LogP contribution in [0.1, 0.15) is 46.5 Å². The zero-order chi connectivity index (χ0) is 12.8. The van der Waals surface area contributed by atoms with E-state index in [1.807, 2.05) is 7.05 Å². The van der Waals surface area contributed by atoms with Gasteiger partial charge in [-0.3, -0.25) is 4.79 Å². The summed E-state index contributed by atoms with van der Waals surface area (Å²) in [5, 5.41) is 3.22. The van der Waals surface area contributed by atoms with Crippen LogP contribution in [0, 0.1) is 11.8 Å². The van der Waals surface area contributed by atoms with Crippen molar-refractivity contribution in [2.45, 2.75) is 52.5 Å². The summed E-state index contributed by atoms with van der Waals surface area (Å²) in [5.74, 6) is 1.79. The van der Waals surface area contributed by atoms with Crippen molar-refractivity contribution in [2.24, 2.45) is 11.8 Å². The summed E-state index contributed by atoms with van der Waals surface area (Å²) in [6.45, 7) is 8.57. The molecule has 100 valence electrons. The van der Waals surface area contributed by atoms with E-state index in [1.165, 1.54) is 6.42 Å². The Bertz CT molecular complexity index is 240. The maximum atomic E-state index is 12.0. The number of nitrogens with zero attached hydrogens (tertiary/aromatic N) is 1. The molecule has 1 rings (SSSR count). The standard InChI is InChI=1S/C14H28N2O/c1-11(2)13-5-6-14(17)16(10-8-13)9-7-12(3)15-4/h11-13,15H,5-10H2,1-4H3. The fourth-order valence-electron chi connectivity index (χ4n) is 2.45. The van der Waals surface area contributed by atoms with E-state index in [0.29, 0.717) is 17.9 Å². The summed E-state index contributed by atoms with van der Waals surface area (Å²) >= 11 is 0. The first kappa shape index (κ1) is 14.5. The molecular weight excluding hydrogens is 212 g/mol. The van der Waals surface area contributed by atoms with Gasteiger partial charge in [-0.2, -0.15) is 0 Å². The molecule has 1 heterocycles. The highest BCUT2D eigenvalue weighted by molar-refractivity contribution is 5.76. The van der Waals surface area contributed by atoms with Crippen LogP contribution in [0.4, 0.5) is 0 Å².